The molecule has 0 spiro atoms. The molecule has 0 radical (unpaired) electrons. The third-order valence-corrected chi connectivity index (χ3v) is 4.37. The number of carbonyl (C=O) groups is 1. The van der Waals surface area contributed by atoms with Gasteiger partial charge in [0.05, 0.1) is 24.0 Å². The predicted octanol–water partition coefficient (Wildman–Crippen LogP) is 2.80. The summed E-state index contributed by atoms with van der Waals surface area (Å²) in [6, 6.07) is 5.38. The van der Waals surface area contributed by atoms with Gasteiger partial charge in [0, 0.05) is 25.7 Å². The second-order valence-electron chi connectivity index (χ2n) is 5.82. The standard InChI is InChI=1S/C16H23N5OS/c1-11(2)14(13-7-5-6-8-17-13)20-15(22)18-9-12-10-23-16(19-12)21(3)4/h5-8,10-11,14H,9H2,1-4H3,(H2,18,20,22)/t14-/m0/s1. The fraction of sp³-hybridized carbons (Fsp3) is 0.438. The number of aromatic nitrogens is 2. The van der Waals surface area contributed by atoms with Crippen molar-refractivity contribution in [2.45, 2.75) is 26.4 Å². The van der Waals surface area contributed by atoms with Crippen LogP contribution < -0.4 is 15.5 Å². The van der Waals surface area contributed by atoms with E-state index in [1.165, 1.54) is 0 Å². The molecule has 2 amide bonds. The van der Waals surface area contributed by atoms with Crippen LogP contribution in [0.15, 0.2) is 29.8 Å². The molecule has 0 unspecified atom stereocenters. The molecule has 0 aliphatic heterocycles. The largest absolute Gasteiger partial charge is 0.354 e. The van der Waals surface area contributed by atoms with Crippen LogP contribution in [0, 0.1) is 5.92 Å². The Bertz CT molecular complexity index is 626. The second-order valence-corrected chi connectivity index (χ2v) is 6.66. The van der Waals surface area contributed by atoms with E-state index in [-0.39, 0.29) is 18.0 Å². The third-order valence-electron chi connectivity index (χ3n) is 3.31. The van der Waals surface area contributed by atoms with E-state index in [1.807, 2.05) is 42.6 Å². The van der Waals surface area contributed by atoms with Gasteiger partial charge in [-0.15, -0.1) is 11.3 Å². The lowest BCUT2D eigenvalue weighted by atomic mass is 10.0. The number of pyridine rings is 1. The number of rotatable bonds is 6. The Balaban J connectivity index is 1.91. The average Bonchev–Trinajstić information content (AvgIpc) is 3.00. The third kappa shape index (κ3) is 4.92. The molecule has 0 aliphatic carbocycles. The van der Waals surface area contributed by atoms with Crippen molar-refractivity contribution >= 4 is 22.5 Å². The fourth-order valence-corrected chi connectivity index (χ4v) is 2.85. The van der Waals surface area contributed by atoms with Crippen LogP contribution in [-0.4, -0.2) is 30.1 Å². The summed E-state index contributed by atoms with van der Waals surface area (Å²) in [4.78, 5) is 22.9. The van der Waals surface area contributed by atoms with Gasteiger partial charge in [0.2, 0.25) is 0 Å². The summed E-state index contributed by atoms with van der Waals surface area (Å²) in [5, 5.41) is 8.72. The second kappa shape index (κ2) is 7.92. The van der Waals surface area contributed by atoms with Crippen molar-refractivity contribution in [1.29, 1.82) is 0 Å². The van der Waals surface area contributed by atoms with Crippen LogP contribution in [0.3, 0.4) is 0 Å². The molecule has 0 saturated heterocycles. The van der Waals surface area contributed by atoms with Crippen molar-refractivity contribution in [3.63, 3.8) is 0 Å². The first-order valence-electron chi connectivity index (χ1n) is 7.54. The number of nitrogens with one attached hydrogen (secondary N) is 2. The predicted molar refractivity (Wildman–Crippen MR) is 93.6 cm³/mol. The summed E-state index contributed by atoms with van der Waals surface area (Å²) in [6.07, 6.45) is 1.74. The summed E-state index contributed by atoms with van der Waals surface area (Å²) < 4.78 is 0. The number of carbonyl (C=O) groups excluding carboxylic acids is 1. The molecule has 1 atom stereocenters. The Morgan fingerprint density at radius 2 is 2.13 bits per heavy atom. The number of nitrogens with zero attached hydrogens (tertiary/aromatic N) is 3. The zero-order valence-corrected chi connectivity index (χ0v) is 14.7. The van der Waals surface area contributed by atoms with Crippen molar-refractivity contribution < 1.29 is 4.79 Å². The molecule has 0 aliphatic rings. The smallest absolute Gasteiger partial charge is 0.315 e. The zero-order chi connectivity index (χ0) is 16.8. The molecule has 124 valence electrons. The molecule has 2 N–H and O–H groups in total. The minimum Gasteiger partial charge on any atom is -0.354 e. The van der Waals surface area contributed by atoms with Crippen LogP contribution in [0.5, 0.6) is 0 Å². The van der Waals surface area contributed by atoms with Crippen LogP contribution >= 0.6 is 11.3 Å². The van der Waals surface area contributed by atoms with E-state index in [9.17, 15) is 4.79 Å². The fourth-order valence-electron chi connectivity index (χ4n) is 2.09. The first-order chi connectivity index (χ1) is 11.0. The molecule has 0 aromatic carbocycles. The van der Waals surface area contributed by atoms with Crippen molar-refractivity contribution in [3.8, 4) is 0 Å². The maximum Gasteiger partial charge on any atom is 0.315 e. The summed E-state index contributed by atoms with van der Waals surface area (Å²) in [5.41, 5.74) is 1.72. The van der Waals surface area contributed by atoms with Crippen LogP contribution in [0.1, 0.15) is 31.3 Å². The van der Waals surface area contributed by atoms with E-state index in [4.69, 9.17) is 0 Å². The minimum atomic E-state index is -0.214. The number of hydrogen-bond acceptors (Lipinski definition) is 5. The maximum atomic E-state index is 12.2. The van der Waals surface area contributed by atoms with Gasteiger partial charge in [-0.3, -0.25) is 4.98 Å². The molecule has 7 heteroatoms. The highest BCUT2D eigenvalue weighted by atomic mass is 32.1. The van der Waals surface area contributed by atoms with Gasteiger partial charge in [-0.1, -0.05) is 19.9 Å². The molecule has 23 heavy (non-hydrogen) atoms. The van der Waals surface area contributed by atoms with Crippen molar-refractivity contribution in [3.05, 3.63) is 41.2 Å². The lowest BCUT2D eigenvalue weighted by Crippen LogP contribution is -2.39. The Morgan fingerprint density at radius 3 is 2.70 bits per heavy atom. The van der Waals surface area contributed by atoms with Gasteiger partial charge in [0.15, 0.2) is 5.13 Å². The summed E-state index contributed by atoms with van der Waals surface area (Å²) >= 11 is 1.56. The summed E-state index contributed by atoms with van der Waals surface area (Å²) in [5.74, 6) is 0.246. The minimum absolute atomic E-state index is 0.121. The topological polar surface area (TPSA) is 70.2 Å². The molecule has 0 bridgehead atoms. The van der Waals surface area contributed by atoms with E-state index in [0.717, 1.165) is 16.5 Å². The van der Waals surface area contributed by atoms with Crippen LogP contribution in [0.4, 0.5) is 9.93 Å². The van der Waals surface area contributed by atoms with Crippen molar-refractivity contribution in [2.24, 2.45) is 5.92 Å². The van der Waals surface area contributed by atoms with Crippen molar-refractivity contribution in [1.82, 2.24) is 20.6 Å². The highest BCUT2D eigenvalue weighted by Gasteiger charge is 2.19. The number of hydrogen-bond donors (Lipinski definition) is 2. The average molecular weight is 333 g/mol. The number of thiazole rings is 1. The van der Waals surface area contributed by atoms with Gasteiger partial charge in [-0.05, 0) is 18.1 Å². The van der Waals surface area contributed by atoms with E-state index < -0.39 is 0 Å². The van der Waals surface area contributed by atoms with Gasteiger partial charge in [0.25, 0.3) is 0 Å². The Labute approximate surface area is 141 Å². The van der Waals surface area contributed by atoms with Gasteiger partial charge in [0.1, 0.15) is 0 Å². The molecule has 2 aromatic heterocycles. The van der Waals surface area contributed by atoms with E-state index in [2.05, 4.69) is 34.4 Å². The lowest BCUT2D eigenvalue weighted by molar-refractivity contribution is 0.232. The molecular weight excluding hydrogens is 310 g/mol. The summed E-state index contributed by atoms with van der Waals surface area (Å²) in [7, 11) is 3.89. The molecular formula is C16H23N5OS. The Morgan fingerprint density at radius 1 is 1.35 bits per heavy atom. The number of anilines is 1. The highest BCUT2D eigenvalue weighted by Crippen LogP contribution is 2.19. The van der Waals surface area contributed by atoms with Crippen LogP contribution in [0.2, 0.25) is 0 Å². The van der Waals surface area contributed by atoms with Gasteiger partial charge in [-0.25, -0.2) is 9.78 Å². The SMILES string of the molecule is CC(C)[C@H](NC(=O)NCc1csc(N(C)C)n1)c1ccccn1. The normalized spacial score (nSPS) is 12.0. The molecule has 2 aromatic rings. The maximum absolute atomic E-state index is 12.2. The molecule has 0 saturated carbocycles. The van der Waals surface area contributed by atoms with Gasteiger partial charge in [-0.2, -0.15) is 0 Å². The Kier molecular flexibility index (Phi) is 5.92. The van der Waals surface area contributed by atoms with Crippen LogP contribution in [0.25, 0.3) is 0 Å². The van der Waals surface area contributed by atoms with Crippen molar-refractivity contribution in [2.75, 3.05) is 19.0 Å². The first kappa shape index (κ1) is 17.2. The number of amides is 2. The monoisotopic (exact) mass is 333 g/mol. The number of urea groups is 1. The van der Waals surface area contributed by atoms with Gasteiger partial charge < -0.3 is 15.5 Å². The van der Waals surface area contributed by atoms with E-state index in [1.54, 1.807) is 17.5 Å². The lowest BCUT2D eigenvalue weighted by Gasteiger charge is -2.22. The van der Waals surface area contributed by atoms with Gasteiger partial charge >= 0.3 is 6.03 Å². The zero-order valence-electron chi connectivity index (χ0n) is 13.9. The summed E-state index contributed by atoms with van der Waals surface area (Å²) in [6.45, 7) is 4.52. The molecule has 2 heterocycles. The molecule has 0 fully saturated rings. The first-order valence-corrected chi connectivity index (χ1v) is 8.42. The van der Waals surface area contributed by atoms with E-state index >= 15 is 0 Å². The van der Waals surface area contributed by atoms with Crippen LogP contribution in [-0.2, 0) is 6.54 Å². The Hall–Kier alpha value is -2.15. The quantitative estimate of drug-likeness (QED) is 0.853. The molecule has 6 nitrogen and oxygen atoms in total. The highest BCUT2D eigenvalue weighted by molar-refractivity contribution is 7.13. The van der Waals surface area contributed by atoms with E-state index in [0.29, 0.717) is 6.54 Å². The molecule has 2 rings (SSSR count).